The van der Waals surface area contributed by atoms with E-state index >= 15 is 0 Å². The van der Waals surface area contributed by atoms with E-state index in [4.69, 9.17) is 0 Å². The largest absolute Gasteiger partial charge is 0.110 e. The molecule has 6 saturated carbocycles. The van der Waals surface area contributed by atoms with Crippen LogP contribution in [-0.4, -0.2) is 7.28 Å². The lowest BCUT2D eigenvalue weighted by atomic mass is 9.50. The molecule has 31 heavy (non-hydrogen) atoms. The summed E-state index contributed by atoms with van der Waals surface area (Å²) in [5.41, 5.74) is 2.51. The topological polar surface area (TPSA) is 0 Å². The Morgan fingerprint density at radius 1 is 0.548 bits per heavy atom. The molecule has 0 heterocycles. The maximum atomic E-state index is 2.88. The third-order valence-corrected chi connectivity index (χ3v) is 13.3. The van der Waals surface area contributed by atoms with E-state index in [0.29, 0.717) is 21.7 Å². The van der Waals surface area contributed by atoms with Crippen molar-refractivity contribution in [1.82, 2.24) is 0 Å². The molecular formula is C30H50B. The van der Waals surface area contributed by atoms with Crippen LogP contribution in [0.3, 0.4) is 0 Å². The maximum absolute atomic E-state index is 2.88. The molecular weight excluding hydrogens is 371 g/mol. The second kappa shape index (κ2) is 6.81. The summed E-state index contributed by atoms with van der Waals surface area (Å²) in [5.74, 6) is 8.39. The van der Waals surface area contributed by atoms with Crippen molar-refractivity contribution >= 4 is 7.28 Å². The van der Waals surface area contributed by atoms with Gasteiger partial charge in [0, 0.05) is 0 Å². The first-order chi connectivity index (χ1) is 14.5. The van der Waals surface area contributed by atoms with Gasteiger partial charge in [-0.15, -0.1) is 0 Å². The molecule has 0 N–H and O–H groups in total. The zero-order valence-electron chi connectivity index (χ0n) is 21.7. The fourth-order valence-corrected chi connectivity index (χ4v) is 11.7. The van der Waals surface area contributed by atoms with Crippen LogP contribution in [0, 0.1) is 69.0 Å². The van der Waals surface area contributed by atoms with E-state index in [1.807, 2.05) is 0 Å². The Morgan fingerprint density at radius 2 is 0.968 bits per heavy atom. The molecule has 0 aromatic carbocycles. The molecule has 1 heteroatoms. The van der Waals surface area contributed by atoms with Crippen LogP contribution in [0.5, 0.6) is 0 Å². The molecule has 6 aliphatic rings. The zero-order chi connectivity index (χ0) is 21.8. The van der Waals surface area contributed by atoms with Gasteiger partial charge in [0.2, 0.25) is 0 Å². The van der Waals surface area contributed by atoms with E-state index in [1.54, 1.807) is 25.7 Å². The van der Waals surface area contributed by atoms with Crippen LogP contribution in [0.4, 0.5) is 0 Å². The fourth-order valence-electron chi connectivity index (χ4n) is 11.7. The predicted octanol–water partition coefficient (Wildman–Crippen LogP) is 8.50. The minimum Gasteiger partial charge on any atom is -0.0767 e. The first kappa shape index (κ1) is 21.6. The molecule has 8 bridgehead atoms. The molecule has 0 aliphatic heterocycles. The van der Waals surface area contributed by atoms with Gasteiger partial charge >= 0.3 is 0 Å². The molecule has 0 aromatic heterocycles. The van der Waals surface area contributed by atoms with Gasteiger partial charge in [-0.2, -0.15) is 0 Å². The van der Waals surface area contributed by atoms with Crippen LogP contribution in [-0.2, 0) is 0 Å². The Kier molecular flexibility index (Phi) is 4.74. The standard InChI is InChI=1S/C30H50B/c1-27(2)11-13-29(5)23-9-7-19(21(23)15-27)25(29)17-31-18-26-20-8-10-24-22(20)16-28(3,4)12-14-30(24,26)6/h19-26H,7-18H2,1-6H3. The molecule has 173 valence electrons. The molecule has 10 unspecified atom stereocenters. The third-order valence-electron chi connectivity index (χ3n) is 13.3. The highest BCUT2D eigenvalue weighted by atomic mass is 14.7. The summed E-state index contributed by atoms with van der Waals surface area (Å²) in [6.45, 7) is 15.7. The first-order valence-electron chi connectivity index (χ1n) is 14.4. The quantitative estimate of drug-likeness (QED) is 0.399. The van der Waals surface area contributed by atoms with Crippen molar-refractivity contribution < 1.29 is 0 Å². The zero-order valence-corrected chi connectivity index (χ0v) is 21.7. The summed E-state index contributed by atoms with van der Waals surface area (Å²) in [6.07, 6.45) is 18.2. The highest BCUT2D eigenvalue weighted by Crippen LogP contribution is 2.71. The van der Waals surface area contributed by atoms with Gasteiger partial charge in [0.25, 0.3) is 0 Å². The molecule has 0 amide bonds. The van der Waals surface area contributed by atoms with E-state index in [0.717, 1.165) is 47.3 Å². The van der Waals surface area contributed by atoms with E-state index in [1.165, 1.54) is 51.2 Å². The smallest absolute Gasteiger partial charge is 0.0767 e. The summed E-state index contributed by atoms with van der Waals surface area (Å²) in [5, 5.41) is 0. The molecule has 0 spiro atoms. The average molecular weight is 422 g/mol. The van der Waals surface area contributed by atoms with Crippen LogP contribution < -0.4 is 0 Å². The molecule has 6 aliphatic carbocycles. The molecule has 10 atom stereocenters. The van der Waals surface area contributed by atoms with Crippen molar-refractivity contribution in [3.63, 3.8) is 0 Å². The third kappa shape index (κ3) is 3.05. The van der Waals surface area contributed by atoms with Crippen molar-refractivity contribution in [2.75, 3.05) is 0 Å². The van der Waals surface area contributed by atoms with Gasteiger partial charge in [0.1, 0.15) is 7.28 Å². The summed E-state index contributed by atoms with van der Waals surface area (Å²) >= 11 is 0. The second-order valence-corrected chi connectivity index (χ2v) is 15.7. The van der Waals surface area contributed by atoms with Crippen molar-refractivity contribution in [1.29, 1.82) is 0 Å². The van der Waals surface area contributed by atoms with E-state index < -0.39 is 0 Å². The molecule has 1 radical (unpaired) electrons. The Labute approximate surface area is 194 Å². The van der Waals surface area contributed by atoms with E-state index in [9.17, 15) is 0 Å². The molecule has 0 aromatic rings. The fraction of sp³-hybridized carbons (Fsp3) is 1.00. The van der Waals surface area contributed by atoms with Crippen molar-refractivity contribution in [2.45, 2.75) is 118 Å². The summed E-state index contributed by atoms with van der Waals surface area (Å²) < 4.78 is 0. The van der Waals surface area contributed by atoms with Gasteiger partial charge in [0.05, 0.1) is 0 Å². The van der Waals surface area contributed by atoms with Crippen LogP contribution in [0.1, 0.15) is 106 Å². The minimum absolute atomic E-state index is 0.597. The average Bonchev–Trinajstić information content (AvgIpc) is 3.34. The van der Waals surface area contributed by atoms with Gasteiger partial charge < -0.3 is 0 Å². The Hall–Kier alpha value is 0.0649. The molecule has 6 rings (SSSR count). The highest BCUT2D eigenvalue weighted by Gasteiger charge is 2.63. The lowest BCUT2D eigenvalue weighted by Gasteiger charge is -2.45. The SMILES string of the molecule is CC1(C)CCC2(C)C(C[B]CC3C4CCC5C4CC(C)(C)CCC35C)C3CCC2C3C1. The monoisotopic (exact) mass is 421 g/mol. The van der Waals surface area contributed by atoms with Crippen LogP contribution in [0.2, 0.25) is 12.6 Å². The number of hydrogen-bond acceptors (Lipinski definition) is 0. The highest BCUT2D eigenvalue weighted by molar-refractivity contribution is 6.35. The predicted molar refractivity (Wildman–Crippen MR) is 133 cm³/mol. The van der Waals surface area contributed by atoms with Gasteiger partial charge in [-0.3, -0.25) is 0 Å². The number of rotatable bonds is 4. The van der Waals surface area contributed by atoms with Crippen molar-refractivity contribution in [3.05, 3.63) is 0 Å². The van der Waals surface area contributed by atoms with Gasteiger partial charge in [-0.25, -0.2) is 0 Å². The maximum Gasteiger partial charge on any atom is 0.110 e. The summed E-state index contributed by atoms with van der Waals surface area (Å²) in [7, 11) is 2.88. The molecule has 6 fully saturated rings. The van der Waals surface area contributed by atoms with Crippen LogP contribution >= 0.6 is 0 Å². The Morgan fingerprint density at radius 3 is 1.39 bits per heavy atom. The van der Waals surface area contributed by atoms with E-state index in [2.05, 4.69) is 48.8 Å². The summed E-state index contributed by atoms with van der Waals surface area (Å²) in [4.78, 5) is 0. The first-order valence-corrected chi connectivity index (χ1v) is 14.4. The lowest BCUT2D eigenvalue weighted by Crippen LogP contribution is -2.37. The van der Waals surface area contributed by atoms with Gasteiger partial charge in [0.15, 0.2) is 0 Å². The molecule has 0 saturated heterocycles. The Bertz CT molecular complexity index is 662. The van der Waals surface area contributed by atoms with Gasteiger partial charge in [-0.1, -0.05) is 54.2 Å². The van der Waals surface area contributed by atoms with Crippen molar-refractivity contribution in [3.8, 4) is 0 Å². The van der Waals surface area contributed by atoms with Gasteiger partial charge in [-0.05, 0) is 133 Å². The normalized spacial score (nSPS) is 55.8. The minimum atomic E-state index is 0.597. The van der Waals surface area contributed by atoms with E-state index in [-0.39, 0.29) is 0 Å². The second-order valence-electron chi connectivity index (χ2n) is 15.7. The van der Waals surface area contributed by atoms with Crippen molar-refractivity contribution in [2.24, 2.45) is 69.0 Å². The summed E-state index contributed by atoms with van der Waals surface area (Å²) in [6, 6.07) is 0. The van der Waals surface area contributed by atoms with Crippen LogP contribution in [0.25, 0.3) is 0 Å². The van der Waals surface area contributed by atoms with Crippen LogP contribution in [0.15, 0.2) is 0 Å². The lowest BCUT2D eigenvalue weighted by molar-refractivity contribution is 0.0824. The number of hydrogen-bond donors (Lipinski definition) is 0. The molecule has 0 nitrogen and oxygen atoms in total. The Balaban J connectivity index is 1.15.